The molecule has 1 saturated heterocycles. The molecule has 7 aliphatic heterocycles. The first-order chi connectivity index (χ1) is 48.1. The smallest absolute Gasteiger partial charge is 0.330 e. The molecule has 1 aromatic heterocycles. The van der Waals surface area contributed by atoms with Gasteiger partial charge < -0.3 is 47.8 Å². The highest BCUT2D eigenvalue weighted by atomic mass is 32.2. The van der Waals surface area contributed by atoms with Crippen LogP contribution in [0.2, 0.25) is 0 Å². The maximum atomic E-state index is 15.5. The topological polar surface area (TPSA) is 219 Å². The van der Waals surface area contributed by atoms with Gasteiger partial charge in [-0.3, -0.25) is 19.1 Å². The van der Waals surface area contributed by atoms with Gasteiger partial charge in [0.15, 0.2) is 0 Å². The molecule has 6 aromatic carbocycles. The molecule has 22 heteroatoms. The van der Waals surface area contributed by atoms with E-state index in [1.54, 1.807) is 30.7 Å². The van der Waals surface area contributed by atoms with Gasteiger partial charge in [0, 0.05) is 116 Å². The van der Waals surface area contributed by atoms with Crippen molar-refractivity contribution >= 4 is 35.8 Å². The Morgan fingerprint density at radius 2 is 1.34 bits per heavy atom. The largest absolute Gasteiger partial charge is 0.497 e. The molecule has 0 aliphatic carbocycles. The number of hydrogen-bond donors (Lipinski definition) is 2. The van der Waals surface area contributed by atoms with Crippen LogP contribution < -0.4 is 40.6 Å². The normalized spacial score (nSPS) is 19.5. The van der Waals surface area contributed by atoms with Crippen LogP contribution in [0.25, 0.3) is 0 Å². The average molecular weight is 1380 g/mol. The Kier molecular flexibility index (Phi) is 19.4. The molecule has 99 heavy (non-hydrogen) atoms. The number of hydrogen-bond acceptors (Lipinski definition) is 16. The lowest BCUT2D eigenvalue weighted by Crippen LogP contribution is -2.50. The number of benzene rings is 6. The number of fused-ring (bicyclic) bond motifs is 8. The van der Waals surface area contributed by atoms with E-state index in [0.29, 0.717) is 17.1 Å². The van der Waals surface area contributed by atoms with Crippen LogP contribution in [0.1, 0.15) is 146 Å². The summed E-state index contributed by atoms with van der Waals surface area (Å²) < 4.78 is 82.6. The van der Waals surface area contributed by atoms with Crippen LogP contribution in [0.15, 0.2) is 136 Å². The summed E-state index contributed by atoms with van der Waals surface area (Å²) in [6.45, 7) is 12.1. The first-order valence-electron chi connectivity index (χ1n) is 34.8. The molecule has 1 fully saturated rings. The molecular weight excluding hydrogens is 1290 g/mol. The Balaban J connectivity index is 0.738. The summed E-state index contributed by atoms with van der Waals surface area (Å²) in [5.74, 6) is 8.43. The van der Waals surface area contributed by atoms with Gasteiger partial charge in [-0.25, -0.2) is 17.9 Å². The van der Waals surface area contributed by atoms with Crippen LogP contribution in [-0.4, -0.2) is 124 Å². The molecule has 4 atom stereocenters. The number of carbonyl (C=O) groups is 1. The third-order valence-corrected chi connectivity index (χ3v) is 24.6. The highest BCUT2D eigenvalue weighted by Crippen LogP contribution is 2.64. The van der Waals surface area contributed by atoms with Crippen LogP contribution in [0, 0.1) is 23.2 Å². The third kappa shape index (κ3) is 12.3. The molecule has 516 valence electrons. The fourth-order valence-electron chi connectivity index (χ4n) is 16.3. The Bertz CT molecular complexity index is 4410. The standard InChI is InChI=1S/C77H85N8O12PS/c1-50(2)85(51(3)4)98(94-44-18-37-78)97-65-47-69(95-66(65)49-93-77(55-22-8-7-9-23-55,56-29-33-58(91-5)34-30-56)57-31-35-59(92-6)36-32-57)83-48-54(74(87)80-75(83)88)19-10-13-28-68(86)79-38-43-84-76(62-26-11-12-27-67(62)99(84,89)90)63-45-52-20-14-39-81-41-16-24-60(70(52)81)72(63)96-73-61-25-17-42-82-40-15-21-53(71(61)82)46-64(73)76/h7-9,11-12,22-23,26-27,29-36,45-46,48,50-51,65-66,69H,13-18,20-21,24-25,28,38-44,47,49H2,1-6H3,(H,79,86)(H,80,87,88)/t65?,66-,69-,98?/m1/s1. The van der Waals surface area contributed by atoms with Crippen molar-refractivity contribution in [3.05, 3.63) is 203 Å². The van der Waals surface area contributed by atoms with Crippen molar-refractivity contribution in [1.29, 1.82) is 5.26 Å². The van der Waals surface area contributed by atoms with Gasteiger partial charge in [-0.1, -0.05) is 84.6 Å². The molecule has 7 aliphatic rings. The van der Waals surface area contributed by atoms with Crippen molar-refractivity contribution in [2.45, 2.75) is 151 Å². The number of nitrogens with zero attached hydrogens (tertiary/aromatic N) is 6. The minimum absolute atomic E-state index is 0.00371. The number of nitriles is 1. The van der Waals surface area contributed by atoms with Crippen LogP contribution in [0.3, 0.4) is 0 Å². The Labute approximate surface area is 580 Å². The number of ether oxygens (including phenoxy) is 5. The first kappa shape index (κ1) is 67.8. The van der Waals surface area contributed by atoms with E-state index in [9.17, 15) is 19.6 Å². The summed E-state index contributed by atoms with van der Waals surface area (Å²) in [5.41, 5.74) is 7.95. The summed E-state index contributed by atoms with van der Waals surface area (Å²) in [6.07, 6.45) is 6.32. The van der Waals surface area contributed by atoms with E-state index in [1.165, 1.54) is 33.3 Å². The number of rotatable bonds is 22. The minimum Gasteiger partial charge on any atom is -0.497 e. The average Bonchev–Trinajstić information content (AvgIpc) is 1.56. The van der Waals surface area contributed by atoms with Gasteiger partial charge in [-0.05, 0) is 149 Å². The van der Waals surface area contributed by atoms with Crippen LogP contribution in [0.4, 0.5) is 11.4 Å². The Morgan fingerprint density at radius 3 is 1.93 bits per heavy atom. The van der Waals surface area contributed by atoms with Gasteiger partial charge in [0.05, 0.1) is 50.9 Å². The number of aromatic nitrogens is 2. The van der Waals surface area contributed by atoms with Gasteiger partial charge in [0.2, 0.25) is 15.9 Å². The predicted molar refractivity (Wildman–Crippen MR) is 378 cm³/mol. The highest BCUT2D eigenvalue weighted by molar-refractivity contribution is 7.89. The number of nitrogens with one attached hydrogen (secondary N) is 2. The van der Waals surface area contributed by atoms with E-state index in [2.05, 4.69) is 82.5 Å². The Morgan fingerprint density at radius 1 is 0.768 bits per heavy atom. The lowest BCUT2D eigenvalue weighted by Gasteiger charge is -2.48. The molecule has 1 spiro atoms. The second kappa shape index (κ2) is 28.4. The molecule has 20 nitrogen and oxygen atoms in total. The molecule has 0 saturated carbocycles. The number of carbonyl (C=O) groups excluding carboxylic acids is 1. The molecule has 0 radical (unpaired) electrons. The molecule has 1 amide bonds. The molecule has 7 aromatic rings. The SMILES string of the molecule is COc1ccc(C(OC[C@H]2O[C@@H](n3cc(C#CCCC(=O)NCCN4C5(c6ccccc6S4(=O)=O)c4cc6c7c(c4Oc4c5cc5c8c4CCCN8CCC5)CCCN7CCC6)c(=O)[nH]c3=O)CC2OP(OCCC#N)N(C(C)C)C(C)C)(c2ccccc2)c2ccc(OC)cc2)cc1. The second-order valence-corrected chi connectivity index (χ2v) is 30.2. The van der Waals surface area contributed by atoms with Crippen LogP contribution in [-0.2, 0) is 70.2 Å². The number of amides is 1. The summed E-state index contributed by atoms with van der Waals surface area (Å²) >= 11 is 0. The predicted octanol–water partition coefficient (Wildman–Crippen LogP) is 11.3. The zero-order chi connectivity index (χ0) is 68.7. The van der Waals surface area contributed by atoms with E-state index in [4.69, 9.17) is 32.7 Å². The molecule has 8 heterocycles. The van der Waals surface area contributed by atoms with E-state index >= 15 is 8.42 Å². The van der Waals surface area contributed by atoms with E-state index < -0.39 is 59.4 Å². The maximum Gasteiger partial charge on any atom is 0.330 e. The monoisotopic (exact) mass is 1380 g/mol. The van der Waals surface area contributed by atoms with Crippen molar-refractivity contribution in [3.8, 4) is 40.9 Å². The van der Waals surface area contributed by atoms with Crippen molar-refractivity contribution in [2.75, 3.05) is 76.5 Å². The first-order valence-corrected chi connectivity index (χ1v) is 37.3. The van der Waals surface area contributed by atoms with E-state index in [1.807, 2.05) is 91.0 Å². The van der Waals surface area contributed by atoms with Crippen molar-refractivity contribution < 1.29 is 45.9 Å². The zero-order valence-corrected chi connectivity index (χ0v) is 58.7. The summed E-state index contributed by atoms with van der Waals surface area (Å²) in [4.78, 5) is 49.6. The lowest BCUT2D eigenvalue weighted by atomic mass is 9.70. The highest BCUT2D eigenvalue weighted by Gasteiger charge is 2.61. The Hall–Kier alpha value is -8.34. The van der Waals surface area contributed by atoms with Gasteiger partial charge in [0.25, 0.3) is 14.1 Å². The molecular formula is C77H85N8O12PS. The quantitative estimate of drug-likeness (QED) is 0.0279. The zero-order valence-electron chi connectivity index (χ0n) is 57.0. The number of aromatic amines is 1. The number of anilines is 2. The molecule has 14 rings (SSSR count). The number of sulfonamides is 1. The number of methoxy groups -OCH3 is 2. The summed E-state index contributed by atoms with van der Waals surface area (Å²) in [6, 6.07) is 39.3. The van der Waals surface area contributed by atoms with Crippen molar-refractivity contribution in [2.24, 2.45) is 0 Å². The van der Waals surface area contributed by atoms with Gasteiger partial charge in [-0.2, -0.15) is 9.57 Å². The van der Waals surface area contributed by atoms with Gasteiger partial charge in [-0.15, -0.1) is 0 Å². The molecule has 2 unspecified atom stereocenters. The van der Waals surface area contributed by atoms with Gasteiger partial charge in [0.1, 0.15) is 52.0 Å². The fourth-order valence-corrected chi connectivity index (χ4v) is 20.0. The number of aryl methyl sites for hydroxylation is 2. The van der Waals surface area contributed by atoms with Gasteiger partial charge >= 0.3 is 5.69 Å². The van der Waals surface area contributed by atoms with Crippen molar-refractivity contribution in [1.82, 2.24) is 23.8 Å². The maximum absolute atomic E-state index is 15.5. The molecule has 2 N–H and O–H groups in total. The minimum atomic E-state index is -4.17. The van der Waals surface area contributed by atoms with Crippen molar-refractivity contribution in [3.63, 3.8) is 0 Å². The number of H-pyrrole nitrogens is 1. The van der Waals surface area contributed by atoms with E-state index in [0.717, 1.165) is 128 Å². The lowest BCUT2D eigenvalue weighted by molar-refractivity contribution is -0.121. The third-order valence-electron chi connectivity index (χ3n) is 20.5. The fraction of sp³-hybridized carbons (Fsp3) is 0.429. The van der Waals surface area contributed by atoms with Crippen LogP contribution in [0.5, 0.6) is 23.0 Å². The molecule has 0 bridgehead atoms. The van der Waals surface area contributed by atoms with Crippen LogP contribution >= 0.6 is 8.53 Å². The second-order valence-electron chi connectivity index (χ2n) is 27.0. The van der Waals surface area contributed by atoms with E-state index in [-0.39, 0.29) is 80.4 Å². The summed E-state index contributed by atoms with van der Waals surface area (Å²) in [5, 5.41) is 12.7. The summed E-state index contributed by atoms with van der Waals surface area (Å²) in [7, 11) is -2.77.